The molecule has 0 amide bonds. The Morgan fingerprint density at radius 2 is 0.561 bits per heavy atom. The Morgan fingerprint density at radius 1 is 0.281 bits per heavy atom. The van der Waals surface area contributed by atoms with E-state index in [2.05, 4.69) is 113 Å². The predicted octanol–water partition coefficient (Wildman–Crippen LogP) is 18.1. The topological polar surface area (TPSA) is 9.23 Å². The van der Waals surface area contributed by atoms with Gasteiger partial charge >= 0.3 is 0 Å². The Bertz CT molecular complexity index is 1980. The molecule has 0 saturated carbocycles. The smallest absolute Gasteiger partial charge is 0.135 e. The standard InChI is InChI=1S/C56H74O/c1-5-9-13-17-21-31-45-43-33-25-27-35-47(43)49(37-23-19-15-11-7-3)55-51(45)39-29-41-53(55)57-54-42-30-40-52-46(32-22-18-14-10-6-2)44-34-26-28-36-48(44)50(56(52)54)38-24-20-16-12-8-4/h25-30,33-36,39-42H,5-24,31-32,37-38H2,1-4H3. The third-order valence-electron chi connectivity index (χ3n) is 12.8. The summed E-state index contributed by atoms with van der Waals surface area (Å²) >= 11 is 0. The summed E-state index contributed by atoms with van der Waals surface area (Å²) in [6.07, 6.45) is 30.2. The molecule has 0 heterocycles. The van der Waals surface area contributed by atoms with Crippen LogP contribution in [-0.4, -0.2) is 0 Å². The van der Waals surface area contributed by atoms with Crippen LogP contribution in [-0.2, 0) is 25.7 Å². The molecule has 0 atom stereocenters. The largest absolute Gasteiger partial charge is 0.456 e. The van der Waals surface area contributed by atoms with Gasteiger partial charge in [0.25, 0.3) is 0 Å². The first-order valence-electron chi connectivity index (χ1n) is 23.8. The molecule has 0 fully saturated rings. The van der Waals surface area contributed by atoms with Gasteiger partial charge in [0.2, 0.25) is 0 Å². The lowest BCUT2D eigenvalue weighted by atomic mass is 9.86. The summed E-state index contributed by atoms with van der Waals surface area (Å²) in [6, 6.07) is 32.6. The first kappa shape index (κ1) is 42.8. The molecule has 0 spiro atoms. The second-order valence-corrected chi connectivity index (χ2v) is 17.1. The van der Waals surface area contributed by atoms with E-state index >= 15 is 0 Å². The summed E-state index contributed by atoms with van der Waals surface area (Å²) in [5.74, 6) is 2.06. The fourth-order valence-corrected chi connectivity index (χ4v) is 9.73. The second kappa shape index (κ2) is 22.9. The molecule has 0 aliphatic carbocycles. The molecule has 1 heteroatoms. The Kier molecular flexibility index (Phi) is 17.2. The molecule has 6 rings (SSSR count). The van der Waals surface area contributed by atoms with Gasteiger partial charge in [0.15, 0.2) is 0 Å². The van der Waals surface area contributed by atoms with Gasteiger partial charge in [0.1, 0.15) is 11.5 Å². The first-order valence-corrected chi connectivity index (χ1v) is 23.8. The highest BCUT2D eigenvalue weighted by molar-refractivity contribution is 6.10. The average Bonchev–Trinajstić information content (AvgIpc) is 3.24. The van der Waals surface area contributed by atoms with Gasteiger partial charge in [-0.3, -0.25) is 0 Å². The number of hydrogen-bond donors (Lipinski definition) is 0. The monoisotopic (exact) mass is 763 g/mol. The van der Waals surface area contributed by atoms with Gasteiger partial charge in [0.05, 0.1) is 0 Å². The summed E-state index contributed by atoms with van der Waals surface area (Å²) < 4.78 is 7.50. The van der Waals surface area contributed by atoms with Crippen molar-refractivity contribution in [2.45, 2.75) is 182 Å². The Balaban J connectivity index is 1.51. The number of rotatable bonds is 26. The molecule has 1 nitrogen and oxygen atoms in total. The van der Waals surface area contributed by atoms with Crippen molar-refractivity contribution < 1.29 is 4.74 Å². The van der Waals surface area contributed by atoms with Crippen LogP contribution in [0.2, 0.25) is 0 Å². The molecular weight excluding hydrogens is 689 g/mol. The van der Waals surface area contributed by atoms with E-state index in [1.807, 2.05) is 0 Å². The number of hydrogen-bond acceptors (Lipinski definition) is 1. The van der Waals surface area contributed by atoms with Gasteiger partial charge in [-0.1, -0.05) is 203 Å². The summed E-state index contributed by atoms with van der Waals surface area (Å²) in [7, 11) is 0. The zero-order chi connectivity index (χ0) is 39.7. The van der Waals surface area contributed by atoms with Crippen molar-refractivity contribution in [3.8, 4) is 11.5 Å². The van der Waals surface area contributed by atoms with Gasteiger partial charge in [-0.25, -0.2) is 0 Å². The molecule has 0 radical (unpaired) electrons. The van der Waals surface area contributed by atoms with Crippen LogP contribution < -0.4 is 4.74 Å². The van der Waals surface area contributed by atoms with E-state index in [0.717, 1.165) is 37.2 Å². The minimum atomic E-state index is 1.03. The van der Waals surface area contributed by atoms with Crippen molar-refractivity contribution >= 4 is 43.1 Å². The van der Waals surface area contributed by atoms with Crippen LogP contribution in [0.5, 0.6) is 11.5 Å². The summed E-state index contributed by atoms with van der Waals surface area (Å²) in [6.45, 7) is 9.26. The predicted molar refractivity (Wildman–Crippen MR) is 253 cm³/mol. The minimum absolute atomic E-state index is 1.03. The van der Waals surface area contributed by atoms with E-state index in [1.54, 1.807) is 0 Å². The second-order valence-electron chi connectivity index (χ2n) is 17.1. The quantitative estimate of drug-likeness (QED) is 0.0395. The Morgan fingerprint density at radius 3 is 0.895 bits per heavy atom. The lowest BCUT2D eigenvalue weighted by Crippen LogP contribution is -2.01. The number of unbranched alkanes of at least 4 members (excludes halogenated alkanes) is 16. The van der Waals surface area contributed by atoms with Crippen LogP contribution in [0, 0.1) is 0 Å². The molecule has 0 bridgehead atoms. The zero-order valence-electron chi connectivity index (χ0n) is 36.5. The summed E-state index contributed by atoms with van der Waals surface area (Å²) in [5.41, 5.74) is 5.99. The molecule has 0 unspecified atom stereocenters. The minimum Gasteiger partial charge on any atom is -0.456 e. The molecule has 0 saturated heterocycles. The number of aryl methyl sites for hydroxylation is 4. The third kappa shape index (κ3) is 10.8. The highest BCUT2D eigenvalue weighted by atomic mass is 16.5. The lowest BCUT2D eigenvalue weighted by Gasteiger charge is -2.22. The normalized spacial score (nSPS) is 11.8. The van der Waals surface area contributed by atoms with E-state index in [0.29, 0.717) is 0 Å². The van der Waals surface area contributed by atoms with E-state index in [9.17, 15) is 0 Å². The van der Waals surface area contributed by atoms with E-state index in [1.165, 1.54) is 194 Å². The maximum Gasteiger partial charge on any atom is 0.135 e. The fourth-order valence-electron chi connectivity index (χ4n) is 9.73. The third-order valence-corrected chi connectivity index (χ3v) is 12.8. The summed E-state index contributed by atoms with van der Waals surface area (Å²) in [5, 5.41) is 11.3. The van der Waals surface area contributed by atoms with Crippen molar-refractivity contribution in [2.24, 2.45) is 0 Å². The van der Waals surface area contributed by atoms with Crippen molar-refractivity contribution in [1.29, 1.82) is 0 Å². The van der Waals surface area contributed by atoms with Crippen LogP contribution >= 0.6 is 0 Å². The molecular formula is C56H74O. The molecule has 0 N–H and O–H groups in total. The molecule has 0 aliphatic heterocycles. The highest BCUT2D eigenvalue weighted by Crippen LogP contribution is 2.45. The highest BCUT2D eigenvalue weighted by Gasteiger charge is 2.21. The van der Waals surface area contributed by atoms with Crippen LogP contribution in [0.3, 0.4) is 0 Å². The average molecular weight is 763 g/mol. The number of fused-ring (bicyclic) bond motifs is 4. The zero-order valence-corrected chi connectivity index (χ0v) is 36.5. The van der Waals surface area contributed by atoms with Crippen LogP contribution in [0.25, 0.3) is 43.1 Å². The number of benzene rings is 6. The van der Waals surface area contributed by atoms with Gasteiger partial charge < -0.3 is 4.74 Å². The fraction of sp³-hybridized carbons (Fsp3) is 0.500. The Hall–Kier alpha value is -3.84. The molecule has 304 valence electrons. The van der Waals surface area contributed by atoms with Crippen molar-refractivity contribution in [2.75, 3.05) is 0 Å². The molecule has 57 heavy (non-hydrogen) atoms. The molecule has 6 aromatic rings. The van der Waals surface area contributed by atoms with E-state index in [4.69, 9.17) is 4.74 Å². The van der Waals surface area contributed by atoms with Gasteiger partial charge in [0, 0.05) is 10.8 Å². The maximum absolute atomic E-state index is 7.50. The van der Waals surface area contributed by atoms with E-state index < -0.39 is 0 Å². The van der Waals surface area contributed by atoms with Crippen LogP contribution in [0.15, 0.2) is 84.9 Å². The van der Waals surface area contributed by atoms with Crippen LogP contribution in [0.1, 0.15) is 178 Å². The van der Waals surface area contributed by atoms with Crippen molar-refractivity contribution in [3.63, 3.8) is 0 Å². The van der Waals surface area contributed by atoms with Crippen LogP contribution in [0.4, 0.5) is 0 Å². The van der Waals surface area contributed by atoms with Crippen molar-refractivity contribution in [1.82, 2.24) is 0 Å². The Labute approximate surface area is 347 Å². The van der Waals surface area contributed by atoms with Crippen molar-refractivity contribution in [3.05, 3.63) is 107 Å². The SMILES string of the molecule is CCCCCCCc1c2ccccc2c(CCCCCCC)c2c(Oc3cccc4c(CCCCCCC)c5ccccc5c(CCCCCCC)c34)cccc12. The van der Waals surface area contributed by atoms with Gasteiger partial charge in [-0.2, -0.15) is 0 Å². The molecule has 0 aromatic heterocycles. The van der Waals surface area contributed by atoms with Gasteiger partial charge in [-0.15, -0.1) is 0 Å². The van der Waals surface area contributed by atoms with E-state index in [-0.39, 0.29) is 0 Å². The lowest BCUT2D eigenvalue weighted by molar-refractivity contribution is 0.493. The maximum atomic E-state index is 7.50. The van der Waals surface area contributed by atoms with Gasteiger partial charge in [-0.05, 0) is 118 Å². The molecule has 0 aliphatic rings. The number of ether oxygens (including phenoxy) is 1. The first-order chi connectivity index (χ1) is 28.2. The molecule has 6 aromatic carbocycles. The summed E-state index contributed by atoms with van der Waals surface area (Å²) in [4.78, 5) is 0.